The molecule has 1 aromatic rings. The molecule has 2 N–H and O–H groups in total. The maximum Gasteiger partial charge on any atom is 1.00 e. The molecule has 0 amide bonds. The van der Waals surface area contributed by atoms with Gasteiger partial charge >= 0.3 is 31.0 Å². The number of hydrogen-bond donors (Lipinski definition) is 1. The summed E-state index contributed by atoms with van der Waals surface area (Å²) in [6.45, 7) is 1.81. The predicted molar refractivity (Wildman–Crippen MR) is 69.1 cm³/mol. The van der Waals surface area contributed by atoms with Gasteiger partial charge < -0.3 is 6.16 Å². The Morgan fingerprint density at radius 1 is 1.36 bits per heavy atom. The number of hydrogen-bond acceptors (Lipinski definition) is 4. The van der Waals surface area contributed by atoms with Crippen LogP contribution in [0.4, 0.5) is 13.2 Å². The second-order valence-corrected chi connectivity index (χ2v) is 5.77. The van der Waals surface area contributed by atoms with Crippen LogP contribution in [0.2, 0.25) is 0 Å². The van der Waals surface area contributed by atoms with E-state index in [1.807, 2.05) is 6.92 Å². The van der Waals surface area contributed by atoms with Crippen molar-refractivity contribution in [3.05, 3.63) is 29.3 Å². The number of esters is 1. The van der Waals surface area contributed by atoms with Crippen molar-refractivity contribution >= 4 is 16.0 Å². The number of halogens is 3. The molecule has 0 bridgehead atoms. The van der Waals surface area contributed by atoms with Crippen molar-refractivity contribution in [1.82, 2.24) is 0 Å². The zero-order valence-corrected chi connectivity index (χ0v) is 12.9. The first-order valence-corrected chi connectivity index (χ1v) is 7.53. The van der Waals surface area contributed by atoms with Crippen LogP contribution in [0.5, 0.6) is 0 Å². The summed E-state index contributed by atoms with van der Waals surface area (Å²) in [5.41, 5.74) is -1.87. The fourth-order valence-electron chi connectivity index (χ4n) is 1.50. The molecule has 0 aliphatic rings. The molecular formula is C12H15F3LiNO4S. The number of sulfonamides is 1. The Hall–Kier alpha value is -1.01. The first-order chi connectivity index (χ1) is 9.57. The number of carbonyl (C=O) groups is 1. The third-order valence-corrected chi connectivity index (χ3v) is 3.53. The molecule has 0 unspecified atom stereocenters. The zero-order chi connectivity index (χ0) is 16.3. The topological polar surface area (TPSA) is 86.5 Å². The van der Waals surface area contributed by atoms with Gasteiger partial charge in [0.2, 0.25) is 10.0 Å². The summed E-state index contributed by atoms with van der Waals surface area (Å²) in [7, 11) is -4.34. The molecule has 0 atom stereocenters. The summed E-state index contributed by atoms with van der Waals surface area (Å²) in [5, 5.41) is 4.89. The van der Waals surface area contributed by atoms with Gasteiger partial charge in [0.25, 0.3) is 0 Å². The number of primary sulfonamides is 1. The first kappa shape index (κ1) is 21.0. The number of ether oxygens (including phenoxy) is 1. The van der Waals surface area contributed by atoms with Crippen LogP contribution in [-0.4, -0.2) is 21.0 Å². The molecule has 0 spiro atoms. The number of alkyl halides is 3. The molecule has 22 heavy (non-hydrogen) atoms. The van der Waals surface area contributed by atoms with E-state index in [0.29, 0.717) is 31.0 Å². The standard InChI is InChI=1S/C12H14F3NO4S.Li.H/c1-2-3-6-20-11(17)9-7-8(12(13,14)15)4-5-10(9)21(16,18)19;;/h4-5,7H,2-3,6H2,1H3,(H2,16,18,19);;/q;+1;-1. The number of rotatable bonds is 5. The van der Waals surface area contributed by atoms with Gasteiger partial charge in [0, 0.05) is 0 Å². The molecule has 0 fully saturated rings. The van der Waals surface area contributed by atoms with Gasteiger partial charge in [0.15, 0.2) is 0 Å². The van der Waals surface area contributed by atoms with E-state index in [4.69, 9.17) is 9.88 Å². The molecule has 0 radical (unpaired) electrons. The minimum atomic E-state index is -4.71. The Balaban J connectivity index is 0. The number of benzene rings is 1. The maximum atomic E-state index is 12.6. The van der Waals surface area contributed by atoms with Crippen molar-refractivity contribution in [1.29, 1.82) is 0 Å². The van der Waals surface area contributed by atoms with E-state index in [1.54, 1.807) is 0 Å². The fourth-order valence-corrected chi connectivity index (χ4v) is 2.21. The summed E-state index contributed by atoms with van der Waals surface area (Å²) >= 11 is 0. The quantitative estimate of drug-likeness (QED) is 0.444. The minimum absolute atomic E-state index is 0. The third-order valence-electron chi connectivity index (χ3n) is 2.56. The van der Waals surface area contributed by atoms with Gasteiger partial charge in [0.1, 0.15) is 0 Å². The van der Waals surface area contributed by atoms with Crippen LogP contribution in [0.15, 0.2) is 23.1 Å². The molecule has 10 heteroatoms. The predicted octanol–water partition coefficient (Wildman–Crippen LogP) is -0.574. The van der Waals surface area contributed by atoms with Crippen LogP contribution in [0.25, 0.3) is 0 Å². The number of carbonyl (C=O) groups excluding carboxylic acids is 1. The molecule has 5 nitrogen and oxygen atoms in total. The molecule has 0 saturated heterocycles. The number of nitrogens with two attached hydrogens (primary N) is 1. The van der Waals surface area contributed by atoms with Gasteiger partial charge in [-0.2, -0.15) is 13.2 Å². The molecule has 0 heterocycles. The van der Waals surface area contributed by atoms with Gasteiger partial charge in [-0.15, -0.1) is 0 Å². The molecular weight excluding hydrogens is 318 g/mol. The van der Waals surface area contributed by atoms with Crippen molar-refractivity contribution in [3.63, 3.8) is 0 Å². The summed E-state index contributed by atoms with van der Waals surface area (Å²) in [6, 6.07) is 1.62. The van der Waals surface area contributed by atoms with Gasteiger partial charge in [-0.25, -0.2) is 18.4 Å². The summed E-state index contributed by atoms with van der Waals surface area (Å²) in [5.74, 6) is -1.15. The second kappa shape index (κ2) is 8.01. The Morgan fingerprint density at radius 3 is 2.41 bits per heavy atom. The minimum Gasteiger partial charge on any atom is -1.00 e. The Labute approximate surface area is 139 Å². The van der Waals surface area contributed by atoms with Crippen LogP contribution in [-0.2, 0) is 20.9 Å². The molecule has 0 aliphatic heterocycles. The largest absolute Gasteiger partial charge is 1.00 e. The Bertz CT molecular complexity index is 638. The van der Waals surface area contributed by atoms with Crippen molar-refractivity contribution in [3.8, 4) is 0 Å². The van der Waals surface area contributed by atoms with E-state index in [0.717, 1.165) is 0 Å². The monoisotopic (exact) mass is 333 g/mol. The van der Waals surface area contributed by atoms with Crippen LogP contribution in [0, 0.1) is 0 Å². The van der Waals surface area contributed by atoms with Crippen LogP contribution >= 0.6 is 0 Å². The maximum absolute atomic E-state index is 12.6. The Kier molecular flexibility index (Phi) is 7.64. The van der Waals surface area contributed by atoms with E-state index in [9.17, 15) is 26.4 Å². The average molecular weight is 333 g/mol. The van der Waals surface area contributed by atoms with E-state index in [-0.39, 0.29) is 26.9 Å². The number of unbranched alkanes of at least 4 members (excludes halogenated alkanes) is 1. The van der Waals surface area contributed by atoms with E-state index in [2.05, 4.69) is 0 Å². The van der Waals surface area contributed by atoms with Crippen LogP contribution in [0.3, 0.4) is 0 Å². The summed E-state index contributed by atoms with van der Waals surface area (Å²) < 4.78 is 65.3. The third kappa shape index (κ3) is 5.65. The van der Waals surface area contributed by atoms with Crippen molar-refractivity contribution in [2.75, 3.05) is 6.61 Å². The van der Waals surface area contributed by atoms with E-state index < -0.39 is 38.2 Å². The smallest absolute Gasteiger partial charge is 1.00 e. The molecule has 1 aromatic carbocycles. The van der Waals surface area contributed by atoms with Gasteiger partial charge in [-0.05, 0) is 24.6 Å². The second-order valence-electron chi connectivity index (χ2n) is 4.24. The van der Waals surface area contributed by atoms with Gasteiger partial charge in [-0.1, -0.05) is 13.3 Å². The molecule has 0 aliphatic carbocycles. The molecule has 0 saturated carbocycles. The zero-order valence-electron chi connectivity index (χ0n) is 13.1. The fraction of sp³-hybridized carbons (Fsp3) is 0.417. The van der Waals surface area contributed by atoms with Gasteiger partial charge in [-0.3, -0.25) is 0 Å². The first-order valence-electron chi connectivity index (χ1n) is 5.98. The van der Waals surface area contributed by atoms with E-state index >= 15 is 0 Å². The SMILES string of the molecule is CCCCOC(=O)c1cc(C(F)(F)F)ccc1S(N)(=O)=O.[H-].[Li+]. The van der Waals surface area contributed by atoms with Crippen molar-refractivity contribution in [2.45, 2.75) is 30.8 Å². The normalized spacial score (nSPS) is 11.7. The summed E-state index contributed by atoms with van der Waals surface area (Å²) in [4.78, 5) is 11.1. The molecule has 1 rings (SSSR count). The summed E-state index contributed by atoms with van der Waals surface area (Å²) in [6.07, 6.45) is -3.50. The van der Waals surface area contributed by atoms with Crippen LogP contribution in [0.1, 0.15) is 37.1 Å². The molecule has 120 valence electrons. The Morgan fingerprint density at radius 2 is 1.95 bits per heavy atom. The molecule has 0 aromatic heterocycles. The van der Waals surface area contributed by atoms with Crippen LogP contribution < -0.4 is 24.0 Å². The average Bonchev–Trinajstić information content (AvgIpc) is 2.36. The van der Waals surface area contributed by atoms with Crippen molar-refractivity contribution < 1.29 is 51.4 Å². The van der Waals surface area contributed by atoms with Crippen molar-refractivity contribution in [2.24, 2.45) is 5.14 Å². The van der Waals surface area contributed by atoms with E-state index in [1.165, 1.54) is 0 Å². The van der Waals surface area contributed by atoms with Gasteiger partial charge in [0.05, 0.1) is 22.6 Å².